The molecule has 1 saturated heterocycles. The van der Waals surface area contributed by atoms with Gasteiger partial charge in [0.25, 0.3) is 0 Å². The van der Waals surface area contributed by atoms with E-state index in [1.165, 1.54) is 12.8 Å². The molecule has 1 aliphatic carbocycles. The highest BCUT2D eigenvalue weighted by atomic mass is 15.3. The predicted octanol–water partition coefficient (Wildman–Crippen LogP) is 1.38. The molecule has 116 valence electrons. The smallest absolute Gasteiger partial charge is 0.225 e. The van der Waals surface area contributed by atoms with Crippen molar-refractivity contribution in [3.63, 3.8) is 0 Å². The quantitative estimate of drug-likeness (QED) is 0.857. The maximum absolute atomic E-state index is 4.36. The third-order valence-electron chi connectivity index (χ3n) is 4.58. The van der Waals surface area contributed by atoms with Crippen molar-refractivity contribution in [2.45, 2.75) is 38.8 Å². The molecule has 1 aromatic rings. The molecular weight excluding hydrogens is 262 g/mol. The van der Waals surface area contributed by atoms with Gasteiger partial charge in [0.1, 0.15) is 0 Å². The van der Waals surface area contributed by atoms with Crippen LogP contribution in [0.5, 0.6) is 0 Å². The van der Waals surface area contributed by atoms with E-state index in [1.54, 1.807) is 0 Å². The SMILES string of the molecule is CC(C)C(CNC1CC1)N1CCN(c2ncccn2)CC1. The van der Waals surface area contributed by atoms with Gasteiger partial charge >= 0.3 is 0 Å². The maximum atomic E-state index is 4.36. The summed E-state index contributed by atoms with van der Waals surface area (Å²) >= 11 is 0. The van der Waals surface area contributed by atoms with E-state index in [9.17, 15) is 0 Å². The van der Waals surface area contributed by atoms with Crippen LogP contribution in [0.2, 0.25) is 0 Å². The fourth-order valence-electron chi connectivity index (χ4n) is 3.07. The van der Waals surface area contributed by atoms with E-state index in [0.717, 1.165) is 44.7 Å². The van der Waals surface area contributed by atoms with Gasteiger partial charge in [0.05, 0.1) is 0 Å². The highest BCUT2D eigenvalue weighted by Crippen LogP contribution is 2.21. The van der Waals surface area contributed by atoms with Gasteiger partial charge in [-0.1, -0.05) is 13.8 Å². The third kappa shape index (κ3) is 3.92. The molecule has 5 nitrogen and oxygen atoms in total. The van der Waals surface area contributed by atoms with Gasteiger partial charge < -0.3 is 10.2 Å². The van der Waals surface area contributed by atoms with Gasteiger partial charge in [-0.05, 0) is 24.8 Å². The molecule has 1 aromatic heterocycles. The molecule has 2 aliphatic rings. The molecule has 1 saturated carbocycles. The van der Waals surface area contributed by atoms with Crippen molar-refractivity contribution in [1.29, 1.82) is 0 Å². The van der Waals surface area contributed by atoms with Crippen molar-refractivity contribution >= 4 is 5.95 Å². The Morgan fingerprint density at radius 2 is 1.81 bits per heavy atom. The Morgan fingerprint density at radius 3 is 2.38 bits per heavy atom. The summed E-state index contributed by atoms with van der Waals surface area (Å²) in [5.41, 5.74) is 0. The lowest BCUT2D eigenvalue weighted by Crippen LogP contribution is -2.55. The van der Waals surface area contributed by atoms with Gasteiger partial charge in [-0.3, -0.25) is 4.90 Å². The summed E-state index contributed by atoms with van der Waals surface area (Å²) in [5.74, 6) is 1.56. The molecule has 0 amide bonds. The Bertz CT molecular complexity index is 424. The van der Waals surface area contributed by atoms with Crippen molar-refractivity contribution in [2.75, 3.05) is 37.6 Å². The van der Waals surface area contributed by atoms with Crippen molar-refractivity contribution in [1.82, 2.24) is 20.2 Å². The number of nitrogens with zero attached hydrogens (tertiary/aromatic N) is 4. The lowest BCUT2D eigenvalue weighted by Gasteiger charge is -2.41. The second-order valence-corrected chi connectivity index (χ2v) is 6.57. The first-order valence-electron chi connectivity index (χ1n) is 8.23. The minimum atomic E-state index is 0.643. The third-order valence-corrected chi connectivity index (χ3v) is 4.58. The van der Waals surface area contributed by atoms with Crippen molar-refractivity contribution in [2.24, 2.45) is 5.92 Å². The fraction of sp³-hybridized carbons (Fsp3) is 0.750. The van der Waals surface area contributed by atoms with Crippen LogP contribution in [0.4, 0.5) is 5.95 Å². The monoisotopic (exact) mass is 289 g/mol. The van der Waals surface area contributed by atoms with Gasteiger partial charge in [-0.25, -0.2) is 9.97 Å². The number of aromatic nitrogens is 2. The maximum Gasteiger partial charge on any atom is 0.225 e. The van der Waals surface area contributed by atoms with Gasteiger partial charge in [0.2, 0.25) is 5.95 Å². The van der Waals surface area contributed by atoms with Crippen molar-refractivity contribution < 1.29 is 0 Å². The van der Waals surface area contributed by atoms with Crippen molar-refractivity contribution in [3.8, 4) is 0 Å². The summed E-state index contributed by atoms with van der Waals surface area (Å²) in [4.78, 5) is 13.7. The Hall–Kier alpha value is -1.20. The molecule has 2 fully saturated rings. The van der Waals surface area contributed by atoms with Crippen LogP contribution in [0.15, 0.2) is 18.5 Å². The van der Waals surface area contributed by atoms with E-state index in [2.05, 4.69) is 38.9 Å². The molecule has 2 heterocycles. The molecule has 0 bridgehead atoms. The van der Waals surface area contributed by atoms with Gasteiger partial charge in [0.15, 0.2) is 0 Å². The van der Waals surface area contributed by atoms with E-state index >= 15 is 0 Å². The highest BCUT2D eigenvalue weighted by molar-refractivity contribution is 5.29. The van der Waals surface area contributed by atoms with Gasteiger partial charge in [-0.2, -0.15) is 0 Å². The summed E-state index contributed by atoms with van der Waals surface area (Å²) in [6.45, 7) is 10.1. The topological polar surface area (TPSA) is 44.3 Å². The Kier molecular flexibility index (Phi) is 4.70. The van der Waals surface area contributed by atoms with Crippen LogP contribution < -0.4 is 10.2 Å². The molecular formula is C16H27N5. The van der Waals surface area contributed by atoms with E-state index in [0.29, 0.717) is 12.0 Å². The average molecular weight is 289 g/mol. The Balaban J connectivity index is 1.53. The summed E-state index contributed by atoms with van der Waals surface area (Å²) in [6.07, 6.45) is 6.38. The summed E-state index contributed by atoms with van der Waals surface area (Å²) in [6, 6.07) is 3.31. The Labute approximate surface area is 127 Å². The van der Waals surface area contributed by atoms with Crippen LogP contribution in [0.3, 0.4) is 0 Å². The summed E-state index contributed by atoms with van der Waals surface area (Å²) < 4.78 is 0. The molecule has 0 aromatic carbocycles. The van der Waals surface area contributed by atoms with E-state index < -0.39 is 0 Å². The molecule has 5 heteroatoms. The first-order valence-corrected chi connectivity index (χ1v) is 8.23. The number of anilines is 1. The average Bonchev–Trinajstić information content (AvgIpc) is 3.33. The van der Waals surface area contributed by atoms with Gasteiger partial charge in [-0.15, -0.1) is 0 Å². The lowest BCUT2D eigenvalue weighted by molar-refractivity contribution is 0.142. The summed E-state index contributed by atoms with van der Waals surface area (Å²) in [5, 5.41) is 3.70. The highest BCUT2D eigenvalue weighted by Gasteiger charge is 2.29. The zero-order chi connectivity index (χ0) is 14.7. The zero-order valence-corrected chi connectivity index (χ0v) is 13.2. The second-order valence-electron chi connectivity index (χ2n) is 6.57. The zero-order valence-electron chi connectivity index (χ0n) is 13.2. The van der Waals surface area contributed by atoms with Crippen LogP contribution in [-0.4, -0.2) is 59.7 Å². The van der Waals surface area contributed by atoms with Crippen molar-refractivity contribution in [3.05, 3.63) is 18.5 Å². The van der Waals surface area contributed by atoms with E-state index in [1.807, 2.05) is 18.5 Å². The van der Waals surface area contributed by atoms with E-state index in [-0.39, 0.29) is 0 Å². The largest absolute Gasteiger partial charge is 0.338 e. The molecule has 1 N–H and O–H groups in total. The first-order chi connectivity index (χ1) is 10.2. The number of hydrogen-bond donors (Lipinski definition) is 1. The molecule has 0 spiro atoms. The standard InChI is InChI=1S/C16H27N5/c1-13(2)15(12-19-14-4-5-14)20-8-10-21(11-9-20)16-17-6-3-7-18-16/h3,6-7,13-15,19H,4-5,8-12H2,1-2H3. The van der Waals surface area contributed by atoms with Crippen LogP contribution in [-0.2, 0) is 0 Å². The number of hydrogen-bond acceptors (Lipinski definition) is 5. The van der Waals surface area contributed by atoms with Crippen LogP contribution >= 0.6 is 0 Å². The minimum absolute atomic E-state index is 0.643. The summed E-state index contributed by atoms with van der Waals surface area (Å²) in [7, 11) is 0. The number of rotatable bonds is 6. The lowest BCUT2D eigenvalue weighted by atomic mass is 10.0. The number of nitrogens with one attached hydrogen (secondary N) is 1. The van der Waals surface area contributed by atoms with Crippen LogP contribution in [0, 0.1) is 5.92 Å². The fourth-order valence-corrected chi connectivity index (χ4v) is 3.07. The van der Waals surface area contributed by atoms with E-state index in [4.69, 9.17) is 0 Å². The predicted molar refractivity (Wildman–Crippen MR) is 85.5 cm³/mol. The molecule has 1 unspecified atom stereocenters. The molecule has 1 atom stereocenters. The molecule has 3 rings (SSSR count). The molecule has 0 radical (unpaired) electrons. The molecule has 1 aliphatic heterocycles. The number of piperazine rings is 1. The Morgan fingerprint density at radius 1 is 1.14 bits per heavy atom. The van der Waals surface area contributed by atoms with Crippen LogP contribution in [0.1, 0.15) is 26.7 Å². The van der Waals surface area contributed by atoms with Gasteiger partial charge in [0, 0.05) is 57.2 Å². The minimum Gasteiger partial charge on any atom is -0.338 e. The second kappa shape index (κ2) is 6.71. The molecule has 21 heavy (non-hydrogen) atoms. The van der Waals surface area contributed by atoms with Crippen LogP contribution in [0.25, 0.3) is 0 Å². The normalized spacial score (nSPS) is 21.8. The first kappa shape index (κ1) is 14.7.